The third kappa shape index (κ3) is 3.64. The van der Waals surface area contributed by atoms with Crippen LogP contribution in [0.15, 0.2) is 18.2 Å². The van der Waals surface area contributed by atoms with Gasteiger partial charge in [-0.25, -0.2) is 0 Å². The largest absolute Gasteiger partial charge is 0.490 e. The van der Waals surface area contributed by atoms with Crippen LogP contribution in [0.2, 0.25) is 0 Å². The molecule has 0 radical (unpaired) electrons. The van der Waals surface area contributed by atoms with Crippen molar-refractivity contribution < 1.29 is 9.84 Å². The topological polar surface area (TPSA) is 32.7 Å². The van der Waals surface area contributed by atoms with Crippen molar-refractivity contribution >= 4 is 0 Å². The number of para-hydroxylation sites is 1. The standard InChI is InChI=1S/C19H31NO2/c1-14-8-7-9-15(2)17(14)22-13-16(21)12-20-18(3,4)10-11-19(20,5)6/h7-9,16,21H,10-13H2,1-6H3. The molecule has 0 saturated carbocycles. The van der Waals surface area contributed by atoms with Gasteiger partial charge in [0.1, 0.15) is 18.5 Å². The van der Waals surface area contributed by atoms with E-state index in [0.717, 1.165) is 16.9 Å². The predicted molar refractivity (Wildman–Crippen MR) is 91.5 cm³/mol. The van der Waals surface area contributed by atoms with Gasteiger partial charge in [0.2, 0.25) is 0 Å². The first kappa shape index (κ1) is 17.3. The van der Waals surface area contributed by atoms with Gasteiger partial charge in [0.25, 0.3) is 0 Å². The van der Waals surface area contributed by atoms with Crippen molar-refractivity contribution in [2.24, 2.45) is 0 Å². The van der Waals surface area contributed by atoms with E-state index in [9.17, 15) is 5.11 Å². The van der Waals surface area contributed by atoms with Crippen molar-refractivity contribution in [3.8, 4) is 5.75 Å². The second-order valence-electron chi connectivity index (χ2n) is 7.92. The smallest absolute Gasteiger partial charge is 0.125 e. The summed E-state index contributed by atoms with van der Waals surface area (Å²) in [5.74, 6) is 0.904. The van der Waals surface area contributed by atoms with Gasteiger partial charge in [-0.3, -0.25) is 4.90 Å². The lowest BCUT2D eigenvalue weighted by molar-refractivity contribution is 0.00512. The Balaban J connectivity index is 1.97. The Morgan fingerprint density at radius 2 is 1.59 bits per heavy atom. The normalized spacial score (nSPS) is 21.8. The number of β-amino-alcohol motifs (C(OH)–C–C–N with tert-alkyl or cyclic N) is 1. The van der Waals surface area contributed by atoms with E-state index in [4.69, 9.17) is 4.74 Å². The van der Waals surface area contributed by atoms with Crippen molar-refractivity contribution in [1.82, 2.24) is 4.90 Å². The summed E-state index contributed by atoms with van der Waals surface area (Å²) in [4.78, 5) is 2.43. The molecule has 1 unspecified atom stereocenters. The van der Waals surface area contributed by atoms with Crippen LogP contribution in [0.1, 0.15) is 51.7 Å². The third-order valence-electron chi connectivity index (χ3n) is 5.03. The lowest BCUT2D eigenvalue weighted by Crippen LogP contribution is -2.52. The number of hydrogen-bond acceptors (Lipinski definition) is 3. The molecule has 0 aliphatic carbocycles. The summed E-state index contributed by atoms with van der Waals surface area (Å²) in [6.45, 7) is 14.1. The maximum absolute atomic E-state index is 10.5. The highest BCUT2D eigenvalue weighted by atomic mass is 16.5. The van der Waals surface area contributed by atoms with Gasteiger partial charge in [0.15, 0.2) is 0 Å². The lowest BCUT2D eigenvalue weighted by Gasteiger charge is -2.41. The Bertz CT molecular complexity index is 486. The van der Waals surface area contributed by atoms with Gasteiger partial charge in [0, 0.05) is 17.6 Å². The van der Waals surface area contributed by atoms with E-state index in [1.54, 1.807) is 0 Å². The van der Waals surface area contributed by atoms with Crippen LogP contribution in [0.3, 0.4) is 0 Å². The molecule has 1 aromatic rings. The van der Waals surface area contributed by atoms with Crippen molar-refractivity contribution in [2.75, 3.05) is 13.2 Å². The molecule has 1 heterocycles. The number of rotatable bonds is 5. The summed E-state index contributed by atoms with van der Waals surface area (Å²) in [5, 5.41) is 10.5. The molecule has 3 heteroatoms. The van der Waals surface area contributed by atoms with E-state index >= 15 is 0 Å². The van der Waals surface area contributed by atoms with Crippen molar-refractivity contribution in [1.29, 1.82) is 0 Å². The van der Waals surface area contributed by atoms with Gasteiger partial charge in [-0.15, -0.1) is 0 Å². The first-order valence-electron chi connectivity index (χ1n) is 8.28. The summed E-state index contributed by atoms with van der Waals surface area (Å²) in [6.07, 6.45) is 1.87. The molecule has 1 N–H and O–H groups in total. The van der Waals surface area contributed by atoms with E-state index in [0.29, 0.717) is 13.2 Å². The molecule has 3 nitrogen and oxygen atoms in total. The number of likely N-dealkylation sites (tertiary alicyclic amines) is 1. The molecule has 1 aliphatic heterocycles. The molecule has 0 aromatic heterocycles. The van der Waals surface area contributed by atoms with E-state index in [-0.39, 0.29) is 11.1 Å². The zero-order chi connectivity index (χ0) is 16.5. The second kappa shape index (κ2) is 6.21. The monoisotopic (exact) mass is 305 g/mol. The highest BCUT2D eigenvalue weighted by Gasteiger charge is 2.44. The highest BCUT2D eigenvalue weighted by molar-refractivity contribution is 5.39. The summed E-state index contributed by atoms with van der Waals surface area (Å²) >= 11 is 0. The molecule has 1 aliphatic rings. The molecule has 0 spiro atoms. The summed E-state index contributed by atoms with van der Waals surface area (Å²) in [7, 11) is 0. The Labute approximate surface area is 135 Å². The zero-order valence-corrected chi connectivity index (χ0v) is 14.9. The number of ether oxygens (including phenoxy) is 1. The summed E-state index contributed by atoms with van der Waals surface area (Å²) in [5.41, 5.74) is 2.52. The van der Waals surface area contributed by atoms with Crippen LogP contribution in [0.25, 0.3) is 0 Å². The number of hydrogen-bond donors (Lipinski definition) is 1. The Morgan fingerprint density at radius 3 is 2.09 bits per heavy atom. The molecule has 1 atom stereocenters. The Morgan fingerprint density at radius 1 is 1.09 bits per heavy atom. The molecule has 2 rings (SSSR count). The van der Waals surface area contributed by atoms with Crippen LogP contribution in [-0.2, 0) is 0 Å². The molecular formula is C19H31NO2. The number of aryl methyl sites for hydroxylation is 2. The third-order valence-corrected chi connectivity index (χ3v) is 5.03. The number of aliphatic hydroxyl groups excluding tert-OH is 1. The Kier molecular flexibility index (Phi) is 4.88. The lowest BCUT2D eigenvalue weighted by atomic mass is 10.0. The van der Waals surface area contributed by atoms with Crippen LogP contribution in [-0.4, -0.2) is 40.3 Å². The Hall–Kier alpha value is -1.06. The molecule has 1 saturated heterocycles. The van der Waals surface area contributed by atoms with Crippen LogP contribution >= 0.6 is 0 Å². The minimum absolute atomic E-state index is 0.142. The molecule has 22 heavy (non-hydrogen) atoms. The fraction of sp³-hybridized carbons (Fsp3) is 0.684. The molecule has 124 valence electrons. The van der Waals surface area contributed by atoms with Gasteiger partial charge in [-0.1, -0.05) is 18.2 Å². The van der Waals surface area contributed by atoms with Gasteiger partial charge in [0.05, 0.1) is 0 Å². The summed E-state index contributed by atoms with van der Waals surface area (Å²) in [6, 6.07) is 6.12. The average molecular weight is 305 g/mol. The minimum atomic E-state index is -0.476. The second-order valence-corrected chi connectivity index (χ2v) is 7.92. The highest BCUT2D eigenvalue weighted by Crippen LogP contribution is 2.40. The van der Waals surface area contributed by atoms with Crippen LogP contribution in [0.4, 0.5) is 0 Å². The molecule has 0 bridgehead atoms. The molecule has 0 amide bonds. The van der Waals surface area contributed by atoms with E-state index in [2.05, 4.69) is 32.6 Å². The first-order chi connectivity index (χ1) is 10.1. The van der Waals surface area contributed by atoms with Gasteiger partial charge < -0.3 is 9.84 Å². The van der Waals surface area contributed by atoms with Gasteiger partial charge in [-0.05, 0) is 65.5 Å². The van der Waals surface area contributed by atoms with Crippen molar-refractivity contribution in [3.63, 3.8) is 0 Å². The first-order valence-corrected chi connectivity index (χ1v) is 8.28. The fourth-order valence-electron chi connectivity index (χ4n) is 3.67. The van der Waals surface area contributed by atoms with E-state index in [1.807, 2.05) is 32.0 Å². The van der Waals surface area contributed by atoms with Crippen molar-refractivity contribution in [2.45, 2.75) is 71.6 Å². The average Bonchev–Trinajstić information content (AvgIpc) is 2.61. The predicted octanol–water partition coefficient (Wildman–Crippen LogP) is 3.70. The van der Waals surface area contributed by atoms with Gasteiger partial charge in [-0.2, -0.15) is 0 Å². The van der Waals surface area contributed by atoms with Crippen molar-refractivity contribution in [3.05, 3.63) is 29.3 Å². The number of benzene rings is 1. The summed E-state index contributed by atoms with van der Waals surface area (Å²) < 4.78 is 5.90. The SMILES string of the molecule is Cc1cccc(C)c1OCC(O)CN1C(C)(C)CCC1(C)C. The fourth-order valence-corrected chi connectivity index (χ4v) is 3.67. The van der Waals surface area contributed by atoms with E-state index < -0.39 is 6.10 Å². The quantitative estimate of drug-likeness (QED) is 0.900. The van der Waals surface area contributed by atoms with Gasteiger partial charge >= 0.3 is 0 Å². The number of aliphatic hydroxyl groups is 1. The molecular weight excluding hydrogens is 274 g/mol. The zero-order valence-electron chi connectivity index (χ0n) is 14.9. The maximum atomic E-state index is 10.5. The van der Waals surface area contributed by atoms with Crippen LogP contribution in [0.5, 0.6) is 5.75 Å². The number of nitrogens with zero attached hydrogens (tertiary/aromatic N) is 1. The molecule has 1 aromatic carbocycles. The van der Waals surface area contributed by atoms with Crippen LogP contribution < -0.4 is 4.74 Å². The van der Waals surface area contributed by atoms with E-state index in [1.165, 1.54) is 12.8 Å². The minimum Gasteiger partial charge on any atom is -0.490 e. The molecule has 1 fully saturated rings. The van der Waals surface area contributed by atoms with Crippen LogP contribution in [0, 0.1) is 13.8 Å². The maximum Gasteiger partial charge on any atom is 0.125 e.